The Morgan fingerprint density at radius 2 is 0.825 bits per heavy atom. The van der Waals surface area contributed by atoms with E-state index in [0.29, 0.717) is 13.1 Å². The number of nitrogens with one attached hydrogen (secondary N) is 4. The van der Waals surface area contributed by atoms with Crippen LogP contribution in [0.1, 0.15) is 119 Å². The fourth-order valence-electron chi connectivity index (χ4n) is 4.31. The van der Waals surface area contributed by atoms with Crippen molar-refractivity contribution in [2.45, 2.75) is 131 Å². The van der Waals surface area contributed by atoms with Gasteiger partial charge in [0.15, 0.2) is 0 Å². The zero-order chi connectivity index (χ0) is 30.2. The van der Waals surface area contributed by atoms with Gasteiger partial charge in [-0.3, -0.25) is 9.59 Å². The number of carbonyl (C=O) groups is 4. The molecule has 0 aromatic heterocycles. The van der Waals surface area contributed by atoms with Crippen LogP contribution in [-0.2, 0) is 19.1 Å². The number of unbranched alkanes of at least 4 members (excludes halogenated alkanes) is 9. The molecule has 0 fully saturated rings. The zero-order valence-electron chi connectivity index (χ0n) is 26.1. The first kappa shape index (κ1) is 37.5. The molecule has 40 heavy (non-hydrogen) atoms. The number of hydrogen-bond acceptors (Lipinski definition) is 6. The maximum Gasteiger partial charge on any atom is 0.407 e. The Morgan fingerprint density at radius 1 is 0.525 bits per heavy atom. The summed E-state index contributed by atoms with van der Waals surface area (Å²) < 4.78 is 9.85. The summed E-state index contributed by atoms with van der Waals surface area (Å²) in [5.41, 5.74) is 0. The van der Waals surface area contributed by atoms with E-state index in [0.717, 1.165) is 51.4 Å². The van der Waals surface area contributed by atoms with E-state index in [1.807, 2.05) is 27.7 Å². The maximum absolute atomic E-state index is 12.5. The lowest BCUT2D eigenvalue weighted by atomic mass is 9.98. The van der Waals surface area contributed by atoms with Gasteiger partial charge in [0.25, 0.3) is 0 Å². The first-order valence-electron chi connectivity index (χ1n) is 15.6. The van der Waals surface area contributed by atoms with Crippen molar-refractivity contribution in [3.8, 4) is 0 Å². The minimum Gasteiger partial charge on any atom is -0.450 e. The van der Waals surface area contributed by atoms with Crippen LogP contribution in [0.25, 0.3) is 0 Å². The molecular weight excluding hydrogens is 512 g/mol. The van der Waals surface area contributed by atoms with Crippen LogP contribution in [0.4, 0.5) is 9.59 Å². The average molecular weight is 571 g/mol. The van der Waals surface area contributed by atoms with Crippen LogP contribution in [0.2, 0.25) is 0 Å². The predicted molar refractivity (Wildman–Crippen MR) is 159 cm³/mol. The molecule has 0 spiro atoms. The van der Waals surface area contributed by atoms with Gasteiger partial charge in [0.05, 0.1) is 13.2 Å². The largest absolute Gasteiger partial charge is 0.450 e. The van der Waals surface area contributed by atoms with E-state index < -0.39 is 24.3 Å². The van der Waals surface area contributed by atoms with E-state index in [1.165, 1.54) is 25.7 Å². The molecular formula is C30H58N4O6. The normalized spacial score (nSPS) is 13.8. The third kappa shape index (κ3) is 17.9. The molecule has 0 bridgehead atoms. The molecule has 2 unspecified atom stereocenters. The Labute approximate surface area is 242 Å². The van der Waals surface area contributed by atoms with Crippen LogP contribution in [0, 0.1) is 11.8 Å². The molecule has 0 saturated heterocycles. The Morgan fingerprint density at radius 3 is 1.10 bits per heavy atom. The molecule has 0 aliphatic heterocycles. The molecule has 0 aliphatic rings. The van der Waals surface area contributed by atoms with E-state index in [1.54, 1.807) is 13.8 Å². The van der Waals surface area contributed by atoms with Crippen LogP contribution in [0.15, 0.2) is 0 Å². The second-order valence-corrected chi connectivity index (χ2v) is 10.6. The Bertz CT molecular complexity index is 648. The molecule has 234 valence electrons. The van der Waals surface area contributed by atoms with Crippen LogP contribution >= 0.6 is 0 Å². The number of ether oxygens (including phenoxy) is 2. The summed E-state index contributed by atoms with van der Waals surface area (Å²) in [4.78, 5) is 48.5. The highest BCUT2D eigenvalue weighted by Gasteiger charge is 2.27. The fourth-order valence-corrected chi connectivity index (χ4v) is 4.31. The summed E-state index contributed by atoms with van der Waals surface area (Å²) in [5.74, 6) is -0.230. The summed E-state index contributed by atoms with van der Waals surface area (Å²) in [7, 11) is 0. The molecule has 4 atom stereocenters. The topological polar surface area (TPSA) is 135 Å². The van der Waals surface area contributed by atoms with E-state index in [9.17, 15) is 19.2 Å². The smallest absolute Gasteiger partial charge is 0.407 e. The Kier molecular flexibility index (Phi) is 22.8. The minimum atomic E-state index is -0.574. The van der Waals surface area contributed by atoms with Crippen molar-refractivity contribution in [2.75, 3.05) is 26.3 Å². The van der Waals surface area contributed by atoms with Gasteiger partial charge in [-0.2, -0.15) is 0 Å². The lowest BCUT2D eigenvalue weighted by Crippen LogP contribution is -2.50. The van der Waals surface area contributed by atoms with Gasteiger partial charge in [0, 0.05) is 13.1 Å². The molecule has 10 heteroatoms. The van der Waals surface area contributed by atoms with Crippen molar-refractivity contribution >= 4 is 24.0 Å². The van der Waals surface area contributed by atoms with Crippen molar-refractivity contribution in [2.24, 2.45) is 11.8 Å². The second-order valence-electron chi connectivity index (χ2n) is 10.6. The maximum atomic E-state index is 12.5. The van der Waals surface area contributed by atoms with Crippen LogP contribution in [0.3, 0.4) is 0 Å². The lowest BCUT2D eigenvalue weighted by molar-refractivity contribution is -0.125. The van der Waals surface area contributed by atoms with Gasteiger partial charge in [0.2, 0.25) is 11.8 Å². The minimum absolute atomic E-state index is 0.0326. The number of alkyl carbamates (subject to hydrolysis) is 2. The third-order valence-electron chi connectivity index (χ3n) is 7.29. The molecule has 0 aromatic rings. The molecule has 0 saturated carbocycles. The Balaban J connectivity index is 3.87. The highest BCUT2D eigenvalue weighted by Crippen LogP contribution is 2.12. The highest BCUT2D eigenvalue weighted by molar-refractivity contribution is 5.86. The van der Waals surface area contributed by atoms with Crippen molar-refractivity contribution in [3.05, 3.63) is 0 Å². The fraction of sp³-hybridized carbons (Fsp3) is 0.867. The van der Waals surface area contributed by atoms with Gasteiger partial charge in [-0.05, 0) is 38.5 Å². The summed E-state index contributed by atoms with van der Waals surface area (Å²) in [5, 5.41) is 11.3. The number of amides is 4. The molecule has 4 N–H and O–H groups in total. The number of hydrogen-bond donors (Lipinski definition) is 4. The van der Waals surface area contributed by atoms with Crippen molar-refractivity contribution in [3.63, 3.8) is 0 Å². The van der Waals surface area contributed by atoms with Gasteiger partial charge in [-0.1, -0.05) is 91.9 Å². The molecule has 0 heterocycles. The highest BCUT2D eigenvalue weighted by atomic mass is 16.6. The lowest BCUT2D eigenvalue weighted by Gasteiger charge is -2.23. The summed E-state index contributed by atoms with van der Waals surface area (Å²) >= 11 is 0. The van der Waals surface area contributed by atoms with Crippen LogP contribution < -0.4 is 21.3 Å². The van der Waals surface area contributed by atoms with E-state index in [4.69, 9.17) is 9.47 Å². The summed E-state index contributed by atoms with van der Waals surface area (Å²) in [6.07, 6.45) is 11.6. The summed E-state index contributed by atoms with van der Waals surface area (Å²) in [6.45, 7) is 13.2. The quantitative estimate of drug-likeness (QED) is 0.121. The molecule has 0 aromatic carbocycles. The van der Waals surface area contributed by atoms with Crippen molar-refractivity contribution in [1.29, 1.82) is 0 Å². The van der Waals surface area contributed by atoms with E-state index >= 15 is 0 Å². The van der Waals surface area contributed by atoms with E-state index in [-0.39, 0.29) is 36.9 Å². The number of rotatable bonds is 23. The van der Waals surface area contributed by atoms with Crippen LogP contribution in [0.5, 0.6) is 0 Å². The number of carbonyl (C=O) groups excluding carboxylic acids is 4. The van der Waals surface area contributed by atoms with Gasteiger partial charge < -0.3 is 30.7 Å². The van der Waals surface area contributed by atoms with Gasteiger partial charge in [-0.15, -0.1) is 0 Å². The zero-order valence-corrected chi connectivity index (χ0v) is 26.1. The van der Waals surface area contributed by atoms with Crippen molar-refractivity contribution < 1.29 is 28.7 Å². The summed E-state index contributed by atoms with van der Waals surface area (Å²) in [6, 6.07) is -1.15. The molecule has 0 radical (unpaired) electrons. The first-order valence-corrected chi connectivity index (χ1v) is 15.6. The van der Waals surface area contributed by atoms with Gasteiger partial charge >= 0.3 is 12.2 Å². The average Bonchev–Trinajstić information content (AvgIpc) is 2.93. The Hall–Kier alpha value is -2.52. The van der Waals surface area contributed by atoms with Crippen molar-refractivity contribution in [1.82, 2.24) is 21.3 Å². The molecule has 0 aliphatic carbocycles. The molecule has 0 rings (SSSR count). The first-order chi connectivity index (χ1) is 19.2. The standard InChI is InChI=1S/C30H58N4O6/c1-7-23(5)25(33-29(37)39-9-3)27(35)31-21-19-17-15-13-11-12-14-16-18-20-22-32-28(36)26(24(6)8-2)34-30(38)40-10-4/h23-26H,7-22H2,1-6H3,(H,31,35)(H,32,36)(H,33,37)(H,34,38)/t23?,24?,25-,26-/m0/s1. The van der Waals surface area contributed by atoms with E-state index in [2.05, 4.69) is 21.3 Å². The SMILES string of the molecule is CCOC(=O)N[C@H](C(=O)NCCCCCCCCCCCCNC(=O)[C@@H](NC(=O)OCC)C(C)CC)C(C)CC. The monoisotopic (exact) mass is 570 g/mol. The third-order valence-corrected chi connectivity index (χ3v) is 7.29. The van der Waals surface area contributed by atoms with Gasteiger partial charge in [0.1, 0.15) is 12.1 Å². The van der Waals surface area contributed by atoms with Crippen LogP contribution in [-0.4, -0.2) is 62.4 Å². The van der Waals surface area contributed by atoms with Gasteiger partial charge in [-0.25, -0.2) is 9.59 Å². The predicted octanol–water partition coefficient (Wildman–Crippen LogP) is 5.44. The second kappa shape index (κ2) is 24.3. The molecule has 4 amide bonds. The molecule has 10 nitrogen and oxygen atoms in total.